The third-order valence-corrected chi connectivity index (χ3v) is 5.92. The van der Waals surface area contributed by atoms with E-state index in [9.17, 15) is 8.42 Å². The summed E-state index contributed by atoms with van der Waals surface area (Å²) in [5.74, 6) is 0.926. The van der Waals surface area contributed by atoms with Crippen LogP contribution < -0.4 is 10.6 Å². The summed E-state index contributed by atoms with van der Waals surface area (Å²) < 4.78 is 35.3. The minimum absolute atomic E-state index is 0. The molecule has 0 radical (unpaired) electrons. The van der Waals surface area contributed by atoms with E-state index in [0.29, 0.717) is 32.1 Å². The quantitative estimate of drug-likeness (QED) is 0.199. The Bertz CT molecular complexity index is 665. The zero-order valence-corrected chi connectivity index (χ0v) is 19.6. The number of aliphatic imine (C=N–C) groups is 1. The van der Waals surface area contributed by atoms with Crippen LogP contribution in [0.25, 0.3) is 0 Å². The van der Waals surface area contributed by atoms with Gasteiger partial charge in [-0.1, -0.05) is 30.3 Å². The lowest BCUT2D eigenvalue weighted by molar-refractivity contribution is 0.0420. The summed E-state index contributed by atoms with van der Waals surface area (Å²) in [4.78, 5) is 4.15. The van der Waals surface area contributed by atoms with E-state index in [0.717, 1.165) is 31.6 Å². The van der Waals surface area contributed by atoms with Crippen LogP contribution in [-0.4, -0.2) is 66.2 Å². The lowest BCUT2D eigenvalue weighted by Gasteiger charge is -2.13. The first-order valence-corrected chi connectivity index (χ1v) is 11.3. The molecule has 1 unspecified atom stereocenters. The number of sulfone groups is 1. The second kappa shape index (κ2) is 14.1. The van der Waals surface area contributed by atoms with Crippen LogP contribution in [0, 0.1) is 0 Å². The molecule has 0 spiro atoms. The van der Waals surface area contributed by atoms with E-state index in [1.54, 1.807) is 7.05 Å². The number of halogens is 1. The van der Waals surface area contributed by atoms with E-state index in [-0.39, 0.29) is 41.6 Å². The summed E-state index contributed by atoms with van der Waals surface area (Å²) >= 11 is 0. The van der Waals surface area contributed by atoms with E-state index in [2.05, 4.69) is 15.6 Å². The number of hydrogen-bond donors (Lipinski definition) is 2. The molecular formula is C19H32IN3O4S. The molecule has 1 aliphatic heterocycles. The van der Waals surface area contributed by atoms with Crippen LogP contribution in [0.5, 0.6) is 0 Å². The number of nitrogens with zero attached hydrogens (tertiary/aromatic N) is 1. The maximum Gasteiger partial charge on any atom is 0.190 e. The minimum atomic E-state index is -3.10. The number of guanidine groups is 1. The standard InChI is InChI=1S/C19H31N3O4S.HI/c1-20-19(21-10-5-12-26-18-9-13-25-15-18)22-11-6-14-27(23,24)16-17-7-3-2-4-8-17;/h2-4,7-8,18H,5-6,9-16H2,1H3,(H2,20,21,22);1H. The highest BCUT2D eigenvalue weighted by Crippen LogP contribution is 2.08. The highest BCUT2D eigenvalue weighted by molar-refractivity contribution is 14.0. The van der Waals surface area contributed by atoms with Gasteiger partial charge in [0.15, 0.2) is 15.8 Å². The molecule has 1 saturated heterocycles. The van der Waals surface area contributed by atoms with Gasteiger partial charge in [-0.2, -0.15) is 0 Å². The molecule has 1 aromatic rings. The third kappa shape index (κ3) is 10.6. The Morgan fingerprint density at radius 3 is 2.57 bits per heavy atom. The van der Waals surface area contributed by atoms with Crippen LogP contribution >= 0.6 is 24.0 Å². The Labute approximate surface area is 185 Å². The normalized spacial score (nSPS) is 17.2. The van der Waals surface area contributed by atoms with E-state index in [4.69, 9.17) is 9.47 Å². The number of nitrogens with one attached hydrogen (secondary N) is 2. The fraction of sp³-hybridized carbons (Fsp3) is 0.632. The van der Waals surface area contributed by atoms with Gasteiger partial charge in [0.1, 0.15) is 0 Å². The molecule has 2 rings (SSSR count). The number of benzene rings is 1. The number of ether oxygens (including phenoxy) is 2. The molecule has 0 amide bonds. The highest BCUT2D eigenvalue weighted by atomic mass is 127. The van der Waals surface area contributed by atoms with Crippen molar-refractivity contribution in [3.05, 3.63) is 35.9 Å². The fourth-order valence-electron chi connectivity index (χ4n) is 2.79. The molecular weight excluding hydrogens is 493 g/mol. The van der Waals surface area contributed by atoms with Crippen molar-refractivity contribution in [1.82, 2.24) is 10.6 Å². The molecule has 0 bridgehead atoms. The van der Waals surface area contributed by atoms with E-state index >= 15 is 0 Å². The lowest BCUT2D eigenvalue weighted by Crippen LogP contribution is -2.39. The zero-order chi connectivity index (χ0) is 19.4. The SMILES string of the molecule is CN=C(NCCCOC1CCOC1)NCCCS(=O)(=O)Cc1ccccc1.I. The van der Waals surface area contributed by atoms with Crippen molar-refractivity contribution in [3.63, 3.8) is 0 Å². The fourth-order valence-corrected chi connectivity index (χ4v) is 4.22. The molecule has 28 heavy (non-hydrogen) atoms. The van der Waals surface area contributed by atoms with Crippen LogP contribution in [0.2, 0.25) is 0 Å². The molecule has 0 saturated carbocycles. The summed E-state index contributed by atoms with van der Waals surface area (Å²) in [5, 5.41) is 6.36. The summed E-state index contributed by atoms with van der Waals surface area (Å²) in [6, 6.07) is 9.27. The maximum absolute atomic E-state index is 12.2. The van der Waals surface area contributed by atoms with Gasteiger partial charge in [0.2, 0.25) is 0 Å². The summed E-state index contributed by atoms with van der Waals surface area (Å²) in [7, 11) is -1.40. The van der Waals surface area contributed by atoms with Crippen molar-refractivity contribution in [2.75, 3.05) is 45.7 Å². The molecule has 1 aromatic carbocycles. The predicted octanol–water partition coefficient (Wildman–Crippen LogP) is 1.97. The Balaban J connectivity index is 0.00000392. The van der Waals surface area contributed by atoms with Gasteiger partial charge >= 0.3 is 0 Å². The van der Waals surface area contributed by atoms with Crippen molar-refractivity contribution in [1.29, 1.82) is 0 Å². The van der Waals surface area contributed by atoms with Gasteiger partial charge in [-0.3, -0.25) is 4.99 Å². The largest absolute Gasteiger partial charge is 0.379 e. The van der Waals surface area contributed by atoms with Crippen LogP contribution in [0.4, 0.5) is 0 Å². The molecule has 0 aliphatic carbocycles. The van der Waals surface area contributed by atoms with Crippen molar-refractivity contribution < 1.29 is 17.9 Å². The van der Waals surface area contributed by atoms with Crippen LogP contribution in [0.1, 0.15) is 24.8 Å². The molecule has 160 valence electrons. The maximum atomic E-state index is 12.2. The Morgan fingerprint density at radius 1 is 1.21 bits per heavy atom. The Morgan fingerprint density at radius 2 is 1.93 bits per heavy atom. The molecule has 1 fully saturated rings. The molecule has 7 nitrogen and oxygen atoms in total. The highest BCUT2D eigenvalue weighted by Gasteiger charge is 2.15. The van der Waals surface area contributed by atoms with E-state index in [1.165, 1.54) is 0 Å². The second-order valence-electron chi connectivity index (χ2n) is 6.57. The van der Waals surface area contributed by atoms with Gasteiger partial charge in [0, 0.05) is 33.4 Å². The topological polar surface area (TPSA) is 89.0 Å². The Kier molecular flexibility index (Phi) is 12.7. The lowest BCUT2D eigenvalue weighted by atomic mass is 10.2. The summed E-state index contributed by atoms with van der Waals surface area (Å²) in [6.45, 7) is 3.49. The van der Waals surface area contributed by atoms with E-state index < -0.39 is 9.84 Å². The molecule has 1 heterocycles. The van der Waals surface area contributed by atoms with Crippen molar-refractivity contribution in [2.45, 2.75) is 31.1 Å². The summed E-state index contributed by atoms with van der Waals surface area (Å²) in [6.07, 6.45) is 2.63. The minimum Gasteiger partial charge on any atom is -0.379 e. The monoisotopic (exact) mass is 525 g/mol. The first kappa shape index (κ1) is 25.1. The van der Waals surface area contributed by atoms with Gasteiger partial charge in [0.05, 0.1) is 24.2 Å². The van der Waals surface area contributed by atoms with Crippen molar-refractivity contribution >= 4 is 39.8 Å². The van der Waals surface area contributed by atoms with Crippen LogP contribution in [-0.2, 0) is 25.1 Å². The smallest absolute Gasteiger partial charge is 0.190 e. The average Bonchev–Trinajstić information content (AvgIpc) is 3.17. The van der Waals surface area contributed by atoms with Crippen molar-refractivity contribution in [2.24, 2.45) is 4.99 Å². The van der Waals surface area contributed by atoms with Crippen molar-refractivity contribution in [3.8, 4) is 0 Å². The van der Waals surface area contributed by atoms with Gasteiger partial charge in [-0.15, -0.1) is 24.0 Å². The third-order valence-electron chi connectivity index (χ3n) is 4.23. The first-order valence-electron chi connectivity index (χ1n) is 9.47. The van der Waals surface area contributed by atoms with Crippen LogP contribution in [0.3, 0.4) is 0 Å². The van der Waals surface area contributed by atoms with Gasteiger partial charge in [-0.25, -0.2) is 8.42 Å². The van der Waals surface area contributed by atoms with Gasteiger partial charge in [-0.05, 0) is 24.8 Å². The second-order valence-corrected chi connectivity index (χ2v) is 8.75. The molecule has 1 atom stereocenters. The number of hydrogen-bond acceptors (Lipinski definition) is 5. The van der Waals surface area contributed by atoms with E-state index in [1.807, 2.05) is 30.3 Å². The first-order chi connectivity index (χ1) is 13.1. The molecule has 0 aromatic heterocycles. The van der Waals surface area contributed by atoms with Gasteiger partial charge in [0.25, 0.3) is 0 Å². The number of rotatable bonds is 11. The van der Waals surface area contributed by atoms with Gasteiger partial charge < -0.3 is 20.1 Å². The van der Waals surface area contributed by atoms with Crippen LogP contribution in [0.15, 0.2) is 35.3 Å². The zero-order valence-electron chi connectivity index (χ0n) is 16.4. The Hall–Kier alpha value is -0.910. The summed E-state index contributed by atoms with van der Waals surface area (Å²) in [5.41, 5.74) is 0.828. The predicted molar refractivity (Wildman–Crippen MR) is 123 cm³/mol. The molecule has 9 heteroatoms. The molecule has 1 aliphatic rings. The average molecular weight is 525 g/mol. The molecule has 2 N–H and O–H groups in total.